The molecule has 1 aliphatic heterocycles. The van der Waals surface area contributed by atoms with E-state index in [1.165, 1.54) is 25.4 Å². The Bertz CT molecular complexity index is 448. The molecule has 7 heteroatoms. The number of rotatable bonds is 2. The Morgan fingerprint density at radius 1 is 1.61 bits per heavy atom. The van der Waals surface area contributed by atoms with Crippen LogP contribution in [0.25, 0.3) is 0 Å². The van der Waals surface area contributed by atoms with Crippen LogP contribution in [0.5, 0.6) is 5.75 Å². The lowest BCUT2D eigenvalue weighted by atomic mass is 9.97. The number of pyridine rings is 1. The molecule has 0 saturated carbocycles. The molecule has 1 aromatic rings. The second kappa shape index (κ2) is 4.15. The Balaban J connectivity index is 2.40. The summed E-state index contributed by atoms with van der Waals surface area (Å²) >= 11 is 0. The van der Waals surface area contributed by atoms with E-state index in [0.29, 0.717) is 0 Å². The van der Waals surface area contributed by atoms with Gasteiger partial charge in [0.15, 0.2) is 0 Å². The summed E-state index contributed by atoms with van der Waals surface area (Å²) in [5.74, 6) is -1.41. The van der Waals surface area contributed by atoms with Gasteiger partial charge in [-0.25, -0.2) is 4.79 Å². The summed E-state index contributed by atoms with van der Waals surface area (Å²) in [7, 11) is 0. The van der Waals surface area contributed by atoms with Crippen molar-refractivity contribution < 1.29 is 27.4 Å². The molecular formula is C11H10F3NO3. The van der Waals surface area contributed by atoms with E-state index in [9.17, 15) is 18.0 Å². The summed E-state index contributed by atoms with van der Waals surface area (Å²) < 4.78 is 48.6. The molecule has 18 heavy (non-hydrogen) atoms. The Morgan fingerprint density at radius 3 is 2.89 bits per heavy atom. The number of fused-ring (bicyclic) bond motifs is 1. The number of carbonyl (C=O) groups is 1. The molecule has 0 bridgehead atoms. The molecule has 2 rings (SSSR count). The van der Waals surface area contributed by atoms with E-state index >= 15 is 0 Å². The smallest absolute Gasteiger partial charge is 0.439 e. The van der Waals surface area contributed by atoms with Crippen LogP contribution in [-0.2, 0) is 16.0 Å². The van der Waals surface area contributed by atoms with E-state index in [1.54, 1.807) is 0 Å². The van der Waals surface area contributed by atoms with Crippen molar-refractivity contribution in [3.8, 4) is 5.75 Å². The second-order valence-electron chi connectivity index (χ2n) is 3.81. The fourth-order valence-electron chi connectivity index (χ4n) is 1.77. The van der Waals surface area contributed by atoms with Gasteiger partial charge in [0.05, 0.1) is 6.61 Å². The number of carbonyl (C=O) groups excluding carboxylic acids is 1. The summed E-state index contributed by atoms with van der Waals surface area (Å²) in [5, 5.41) is 0. The molecule has 0 N–H and O–H groups in total. The largest absolute Gasteiger partial charge is 0.465 e. The Hall–Kier alpha value is -1.79. The zero-order valence-electron chi connectivity index (χ0n) is 9.45. The van der Waals surface area contributed by atoms with Gasteiger partial charge in [-0.1, -0.05) is 0 Å². The van der Waals surface area contributed by atoms with Crippen molar-refractivity contribution in [3.05, 3.63) is 24.0 Å². The van der Waals surface area contributed by atoms with Crippen molar-refractivity contribution in [2.75, 3.05) is 6.61 Å². The molecule has 0 amide bonds. The van der Waals surface area contributed by atoms with Crippen LogP contribution in [0.4, 0.5) is 13.2 Å². The number of hydrogen-bond donors (Lipinski definition) is 0. The van der Waals surface area contributed by atoms with Crippen molar-refractivity contribution in [1.82, 2.24) is 4.98 Å². The first-order chi connectivity index (χ1) is 8.40. The van der Waals surface area contributed by atoms with Gasteiger partial charge in [-0.2, -0.15) is 13.2 Å². The van der Waals surface area contributed by atoms with Gasteiger partial charge in [-0.05, 0) is 13.0 Å². The molecule has 0 radical (unpaired) electrons. The first-order valence-electron chi connectivity index (χ1n) is 5.26. The summed E-state index contributed by atoms with van der Waals surface area (Å²) in [6, 6.07) is 1.29. The topological polar surface area (TPSA) is 48.4 Å². The van der Waals surface area contributed by atoms with Gasteiger partial charge in [-0.15, -0.1) is 0 Å². The molecule has 4 nitrogen and oxygen atoms in total. The molecule has 1 unspecified atom stereocenters. The summed E-state index contributed by atoms with van der Waals surface area (Å²) in [4.78, 5) is 15.3. The van der Waals surface area contributed by atoms with Crippen molar-refractivity contribution >= 4 is 5.97 Å². The second-order valence-corrected chi connectivity index (χ2v) is 3.81. The molecule has 1 aromatic heterocycles. The minimum absolute atomic E-state index is 0.00961. The van der Waals surface area contributed by atoms with Gasteiger partial charge in [0.2, 0.25) is 0 Å². The molecule has 2 heterocycles. The maximum atomic E-state index is 13.1. The normalized spacial score (nSPS) is 22.2. The van der Waals surface area contributed by atoms with Gasteiger partial charge in [0, 0.05) is 24.4 Å². The number of hydrogen-bond acceptors (Lipinski definition) is 4. The summed E-state index contributed by atoms with van der Waals surface area (Å²) in [6.45, 7) is 1.29. The number of nitrogens with zero attached hydrogens (tertiary/aromatic N) is 1. The van der Waals surface area contributed by atoms with E-state index < -0.39 is 24.2 Å². The van der Waals surface area contributed by atoms with E-state index in [0.717, 1.165) is 0 Å². The van der Waals surface area contributed by atoms with Crippen LogP contribution >= 0.6 is 0 Å². The van der Waals surface area contributed by atoms with Crippen molar-refractivity contribution in [2.24, 2.45) is 0 Å². The average Bonchev–Trinajstić information content (AvgIpc) is 2.69. The zero-order chi connectivity index (χ0) is 13.4. The van der Waals surface area contributed by atoms with E-state index in [2.05, 4.69) is 9.72 Å². The van der Waals surface area contributed by atoms with Crippen molar-refractivity contribution in [3.63, 3.8) is 0 Å². The fraction of sp³-hybridized carbons (Fsp3) is 0.455. The van der Waals surface area contributed by atoms with Gasteiger partial charge in [0.25, 0.3) is 0 Å². The summed E-state index contributed by atoms with van der Waals surface area (Å²) in [5.41, 5.74) is -2.71. The van der Waals surface area contributed by atoms with Crippen LogP contribution in [0.2, 0.25) is 0 Å². The summed E-state index contributed by atoms with van der Waals surface area (Å²) in [6.07, 6.45) is -2.91. The Morgan fingerprint density at radius 2 is 2.33 bits per heavy atom. The minimum Gasteiger partial charge on any atom is -0.465 e. The quantitative estimate of drug-likeness (QED) is 0.763. The van der Waals surface area contributed by atoms with E-state index in [-0.39, 0.29) is 17.9 Å². The van der Waals surface area contributed by atoms with E-state index in [1.807, 2.05) is 0 Å². The predicted molar refractivity (Wildman–Crippen MR) is 54.0 cm³/mol. The van der Waals surface area contributed by atoms with Gasteiger partial charge < -0.3 is 9.47 Å². The third-order valence-electron chi connectivity index (χ3n) is 2.65. The monoisotopic (exact) mass is 261 g/mol. The van der Waals surface area contributed by atoms with Crippen LogP contribution in [0.15, 0.2) is 18.5 Å². The highest BCUT2D eigenvalue weighted by molar-refractivity contribution is 5.83. The van der Waals surface area contributed by atoms with Crippen LogP contribution in [-0.4, -0.2) is 29.3 Å². The lowest BCUT2D eigenvalue weighted by molar-refractivity contribution is -0.248. The maximum Gasteiger partial charge on any atom is 0.439 e. The van der Waals surface area contributed by atoms with Gasteiger partial charge in [0.1, 0.15) is 5.75 Å². The molecule has 0 aromatic carbocycles. The molecule has 98 valence electrons. The average molecular weight is 261 g/mol. The Kier molecular flexibility index (Phi) is 2.92. The molecule has 0 aliphatic carbocycles. The third-order valence-corrected chi connectivity index (χ3v) is 2.65. The number of esters is 1. The molecule has 1 atom stereocenters. The highest BCUT2D eigenvalue weighted by Gasteiger charge is 2.67. The molecular weight excluding hydrogens is 251 g/mol. The number of ether oxygens (including phenoxy) is 2. The zero-order valence-corrected chi connectivity index (χ0v) is 9.45. The van der Waals surface area contributed by atoms with E-state index in [4.69, 9.17) is 4.74 Å². The van der Waals surface area contributed by atoms with Crippen molar-refractivity contribution in [2.45, 2.75) is 25.1 Å². The van der Waals surface area contributed by atoms with Gasteiger partial charge >= 0.3 is 17.7 Å². The van der Waals surface area contributed by atoms with Crippen LogP contribution in [0.3, 0.4) is 0 Å². The standard InChI is InChI=1S/C11H10F3NO3/c1-2-17-9(16)10(11(12,13)14)5-7-6-15-4-3-8(7)18-10/h3-4,6H,2,5H2,1H3. The van der Waals surface area contributed by atoms with Crippen LogP contribution in [0.1, 0.15) is 12.5 Å². The van der Waals surface area contributed by atoms with Gasteiger partial charge in [-0.3, -0.25) is 4.98 Å². The lowest BCUT2D eigenvalue weighted by Gasteiger charge is -2.28. The highest BCUT2D eigenvalue weighted by Crippen LogP contribution is 2.44. The molecule has 1 aliphatic rings. The minimum atomic E-state index is -4.85. The predicted octanol–water partition coefficient (Wildman–Crippen LogP) is 1.88. The molecule has 0 spiro atoms. The molecule has 0 fully saturated rings. The third kappa shape index (κ3) is 1.79. The van der Waals surface area contributed by atoms with Crippen LogP contribution in [0, 0.1) is 0 Å². The van der Waals surface area contributed by atoms with Crippen LogP contribution < -0.4 is 4.74 Å². The fourth-order valence-corrected chi connectivity index (χ4v) is 1.77. The Labute approximate surface area is 101 Å². The lowest BCUT2D eigenvalue weighted by Crippen LogP contribution is -2.56. The maximum absolute atomic E-state index is 13.1. The number of aromatic nitrogens is 1. The first kappa shape index (κ1) is 12.7. The van der Waals surface area contributed by atoms with Crippen molar-refractivity contribution in [1.29, 1.82) is 0 Å². The highest BCUT2D eigenvalue weighted by atomic mass is 19.4. The number of alkyl halides is 3. The number of halogens is 3. The molecule has 0 saturated heterocycles. The first-order valence-corrected chi connectivity index (χ1v) is 5.26. The SMILES string of the molecule is CCOC(=O)C1(C(F)(F)F)Cc2cnccc2O1.